The minimum absolute atomic E-state index is 0.0789. The Kier molecular flexibility index (Phi) is 5.17. The highest BCUT2D eigenvalue weighted by atomic mass is 19.4. The number of carbonyl (C=O) groups excluding carboxylic acids is 2. The van der Waals surface area contributed by atoms with E-state index in [1.807, 2.05) is 6.07 Å². The van der Waals surface area contributed by atoms with Gasteiger partial charge in [0.25, 0.3) is 5.91 Å². The molecule has 0 unspecified atom stereocenters. The van der Waals surface area contributed by atoms with Crippen molar-refractivity contribution in [1.29, 1.82) is 0 Å². The van der Waals surface area contributed by atoms with Gasteiger partial charge in [0, 0.05) is 0 Å². The summed E-state index contributed by atoms with van der Waals surface area (Å²) in [4.78, 5) is 33.7. The highest BCUT2D eigenvalue weighted by Gasteiger charge is 2.59. The zero-order valence-electron chi connectivity index (χ0n) is 17.3. The van der Waals surface area contributed by atoms with Gasteiger partial charge in [0.2, 0.25) is 5.91 Å². The molecule has 0 spiro atoms. The second kappa shape index (κ2) is 8.04. The van der Waals surface area contributed by atoms with Crippen molar-refractivity contribution in [1.82, 2.24) is 4.90 Å². The number of alkyl halides is 3. The molecule has 168 valence electrons. The molecule has 2 aliphatic rings. The summed E-state index contributed by atoms with van der Waals surface area (Å²) >= 11 is 0. The number of hydroxylamine groups is 1. The minimum Gasteiger partial charge on any atom is -0.275 e. The van der Waals surface area contributed by atoms with Gasteiger partial charge in [-0.1, -0.05) is 60.7 Å². The Morgan fingerprint density at radius 1 is 0.818 bits per heavy atom. The smallest absolute Gasteiger partial charge is 0.275 e. The predicted octanol–water partition coefficient (Wildman–Crippen LogP) is 4.75. The molecule has 5 nitrogen and oxygen atoms in total. The van der Waals surface area contributed by atoms with E-state index in [9.17, 15) is 22.8 Å². The van der Waals surface area contributed by atoms with Crippen LogP contribution in [0.15, 0.2) is 84.9 Å². The van der Waals surface area contributed by atoms with Gasteiger partial charge in [-0.05, 0) is 35.4 Å². The van der Waals surface area contributed by atoms with Crippen LogP contribution >= 0.6 is 0 Å². The molecule has 0 N–H and O–H groups in total. The van der Waals surface area contributed by atoms with Gasteiger partial charge in [-0.2, -0.15) is 13.2 Å². The van der Waals surface area contributed by atoms with Crippen molar-refractivity contribution in [3.8, 4) is 0 Å². The monoisotopic (exact) mass is 452 g/mol. The van der Waals surface area contributed by atoms with Crippen molar-refractivity contribution in [2.45, 2.75) is 24.9 Å². The molecule has 33 heavy (non-hydrogen) atoms. The first-order valence-electron chi connectivity index (χ1n) is 10.4. The van der Waals surface area contributed by atoms with Gasteiger partial charge in [-0.15, -0.1) is 0 Å². The fourth-order valence-electron chi connectivity index (χ4n) is 4.43. The summed E-state index contributed by atoms with van der Waals surface area (Å²) in [6, 6.07) is 21.7. The first-order valence-corrected chi connectivity index (χ1v) is 10.4. The van der Waals surface area contributed by atoms with Gasteiger partial charge in [-0.3, -0.25) is 19.3 Å². The maximum absolute atomic E-state index is 13.4. The number of hydrogen-bond acceptors (Lipinski definition) is 4. The molecule has 2 heterocycles. The van der Waals surface area contributed by atoms with E-state index in [2.05, 4.69) is 0 Å². The molecule has 5 rings (SSSR count). The summed E-state index contributed by atoms with van der Waals surface area (Å²) in [6.45, 7) is 0.0789. The van der Waals surface area contributed by atoms with Gasteiger partial charge < -0.3 is 0 Å². The summed E-state index contributed by atoms with van der Waals surface area (Å²) in [5.41, 5.74) is 0.748. The second-order valence-corrected chi connectivity index (χ2v) is 8.03. The molecular formula is C25H19F3N2O3. The van der Waals surface area contributed by atoms with Crippen molar-refractivity contribution in [3.63, 3.8) is 0 Å². The number of rotatable bonds is 4. The summed E-state index contributed by atoms with van der Waals surface area (Å²) in [7, 11) is 0. The lowest BCUT2D eigenvalue weighted by molar-refractivity contribution is -0.143. The molecule has 8 heteroatoms. The van der Waals surface area contributed by atoms with Gasteiger partial charge >= 0.3 is 6.18 Å². The standard InChI is InChI=1S/C25H19F3N2O3/c26-25(27,28)18-11-7-10-17(14-18)21-20-22(33-30(21)19-12-5-2-6-13-19)24(32)29(23(20)31)15-16-8-3-1-4-9-16/h1-14,20-22H,15H2/t20-,21-,22+/m1/s1. The SMILES string of the molecule is O=C1[C@H]2[C@H](ON(c3ccccc3)[C@@H]2c2cccc(C(F)(F)F)c2)C(=O)N1Cc1ccccc1. The minimum atomic E-state index is -4.54. The molecule has 2 amide bonds. The predicted molar refractivity (Wildman–Crippen MR) is 113 cm³/mol. The van der Waals surface area contributed by atoms with Crippen LogP contribution in [-0.2, 0) is 27.1 Å². The van der Waals surface area contributed by atoms with E-state index in [0.29, 0.717) is 5.69 Å². The Morgan fingerprint density at radius 2 is 1.48 bits per heavy atom. The van der Waals surface area contributed by atoms with E-state index in [-0.39, 0.29) is 12.1 Å². The van der Waals surface area contributed by atoms with E-state index >= 15 is 0 Å². The van der Waals surface area contributed by atoms with E-state index in [4.69, 9.17) is 4.84 Å². The van der Waals surface area contributed by atoms with E-state index in [1.54, 1.807) is 54.6 Å². The third kappa shape index (κ3) is 3.76. The highest BCUT2D eigenvalue weighted by Crippen LogP contribution is 2.47. The molecule has 0 saturated carbocycles. The van der Waals surface area contributed by atoms with Gasteiger partial charge in [0.1, 0.15) is 5.92 Å². The van der Waals surface area contributed by atoms with Gasteiger partial charge in [0.05, 0.1) is 23.8 Å². The topological polar surface area (TPSA) is 49.9 Å². The molecule has 0 radical (unpaired) electrons. The number of amides is 2. The Labute approximate surface area is 187 Å². The second-order valence-electron chi connectivity index (χ2n) is 8.03. The molecule has 3 aromatic rings. The van der Waals surface area contributed by atoms with Gasteiger partial charge in [0.15, 0.2) is 6.10 Å². The maximum atomic E-state index is 13.4. The number of para-hydroxylation sites is 1. The number of likely N-dealkylation sites (tertiary alicyclic amines) is 1. The summed E-state index contributed by atoms with van der Waals surface area (Å²) in [5.74, 6) is -1.93. The summed E-state index contributed by atoms with van der Waals surface area (Å²) in [5, 5.41) is 1.39. The van der Waals surface area contributed by atoms with Crippen molar-refractivity contribution in [3.05, 3.63) is 102 Å². The number of nitrogens with zero attached hydrogens (tertiary/aromatic N) is 2. The lowest BCUT2D eigenvalue weighted by atomic mass is 9.89. The molecule has 2 aliphatic heterocycles. The van der Waals surface area contributed by atoms with Crippen LogP contribution in [0.25, 0.3) is 0 Å². The molecule has 0 aromatic heterocycles. The number of carbonyl (C=O) groups is 2. The fraction of sp³-hybridized carbons (Fsp3) is 0.200. The Hall–Kier alpha value is -3.65. The number of hydrogen-bond donors (Lipinski definition) is 0. The molecule has 2 fully saturated rings. The third-order valence-corrected chi connectivity index (χ3v) is 5.96. The van der Waals surface area contributed by atoms with Crippen LogP contribution in [0.3, 0.4) is 0 Å². The molecule has 0 bridgehead atoms. The van der Waals surface area contributed by atoms with E-state index in [0.717, 1.165) is 22.6 Å². The van der Waals surface area contributed by atoms with Crippen molar-refractivity contribution in [2.75, 3.05) is 5.06 Å². The van der Waals surface area contributed by atoms with Crippen molar-refractivity contribution < 1.29 is 27.6 Å². The largest absolute Gasteiger partial charge is 0.416 e. The molecule has 3 atom stereocenters. The Morgan fingerprint density at radius 3 is 2.15 bits per heavy atom. The van der Waals surface area contributed by atoms with Gasteiger partial charge in [-0.25, -0.2) is 5.06 Å². The highest BCUT2D eigenvalue weighted by molar-refractivity contribution is 6.07. The maximum Gasteiger partial charge on any atom is 0.416 e. The van der Waals surface area contributed by atoms with Crippen LogP contribution in [0.5, 0.6) is 0 Å². The van der Waals surface area contributed by atoms with Crippen LogP contribution in [0.2, 0.25) is 0 Å². The van der Waals surface area contributed by atoms with Crippen LogP contribution in [-0.4, -0.2) is 22.8 Å². The first-order chi connectivity index (χ1) is 15.8. The zero-order valence-corrected chi connectivity index (χ0v) is 17.3. The van der Waals surface area contributed by atoms with Crippen LogP contribution in [0, 0.1) is 5.92 Å². The lowest BCUT2D eigenvalue weighted by Gasteiger charge is -2.29. The van der Waals surface area contributed by atoms with Crippen LogP contribution in [0.4, 0.5) is 18.9 Å². The number of imide groups is 1. The lowest BCUT2D eigenvalue weighted by Crippen LogP contribution is -2.37. The van der Waals surface area contributed by atoms with Crippen LogP contribution in [0.1, 0.15) is 22.7 Å². The Bertz CT molecular complexity index is 1180. The summed E-state index contributed by atoms with van der Waals surface area (Å²) in [6.07, 6.45) is -5.65. The number of benzene rings is 3. The molecule has 2 saturated heterocycles. The normalized spacial score (nSPS) is 22.7. The molecule has 0 aliphatic carbocycles. The van der Waals surface area contributed by atoms with Crippen LogP contribution < -0.4 is 5.06 Å². The summed E-state index contributed by atoms with van der Waals surface area (Å²) < 4.78 is 40.2. The van der Waals surface area contributed by atoms with Crippen molar-refractivity contribution in [2.24, 2.45) is 5.92 Å². The average molecular weight is 452 g/mol. The zero-order chi connectivity index (χ0) is 23.2. The number of anilines is 1. The number of fused-ring (bicyclic) bond motifs is 1. The number of halogens is 3. The van der Waals surface area contributed by atoms with E-state index < -0.39 is 41.6 Å². The average Bonchev–Trinajstić information content (AvgIpc) is 3.32. The Balaban J connectivity index is 1.55. The molecular weight excluding hydrogens is 433 g/mol. The quantitative estimate of drug-likeness (QED) is 0.536. The van der Waals surface area contributed by atoms with Crippen molar-refractivity contribution >= 4 is 17.5 Å². The van der Waals surface area contributed by atoms with E-state index in [1.165, 1.54) is 17.2 Å². The fourth-order valence-corrected chi connectivity index (χ4v) is 4.43. The third-order valence-electron chi connectivity index (χ3n) is 5.96. The molecule has 3 aromatic carbocycles. The first kappa shape index (κ1) is 21.2.